The van der Waals surface area contributed by atoms with Crippen molar-refractivity contribution in [1.29, 1.82) is 0 Å². The van der Waals surface area contributed by atoms with Crippen LogP contribution in [0.1, 0.15) is 45.4 Å². The number of carbonyl (C=O) groups is 1. The van der Waals surface area contributed by atoms with Gasteiger partial charge in [0.1, 0.15) is 0 Å². The molecule has 2 nitrogen and oxygen atoms in total. The minimum absolute atomic E-state index is 0.0987. The second kappa shape index (κ2) is 4.36. The molecule has 23 heavy (non-hydrogen) atoms. The van der Waals surface area contributed by atoms with Crippen LogP contribution in [0.2, 0.25) is 0 Å². The van der Waals surface area contributed by atoms with E-state index in [4.69, 9.17) is 6.42 Å². The highest BCUT2D eigenvalue weighted by Gasteiger charge is 2.69. The standard InChI is InChI=1S/C21H25NO/c1-3-20-7-13-16-10-21(6-5-19(23)22-4-2)11-17(13)15(9-20)18(12-21)14(16)8-20/h1,13-18H,4,7-12H2,2H3,(H,22,23). The third-order valence-electron chi connectivity index (χ3n) is 8.14. The maximum Gasteiger partial charge on any atom is 0.295 e. The van der Waals surface area contributed by atoms with E-state index in [1.54, 1.807) is 0 Å². The fourth-order valence-corrected chi connectivity index (χ4v) is 7.65. The van der Waals surface area contributed by atoms with Crippen LogP contribution in [-0.4, -0.2) is 12.5 Å². The summed E-state index contributed by atoms with van der Waals surface area (Å²) in [5, 5.41) is 2.81. The van der Waals surface area contributed by atoms with Gasteiger partial charge in [-0.2, -0.15) is 0 Å². The highest BCUT2D eigenvalue weighted by Crippen LogP contribution is 2.76. The first-order valence-corrected chi connectivity index (χ1v) is 9.37. The van der Waals surface area contributed by atoms with E-state index in [1.165, 1.54) is 38.5 Å². The molecule has 0 heterocycles. The maximum atomic E-state index is 11.8. The summed E-state index contributed by atoms with van der Waals surface area (Å²) in [6, 6.07) is 0. The molecule has 0 aromatic rings. The predicted molar refractivity (Wildman–Crippen MR) is 88.8 cm³/mol. The molecule has 7 fully saturated rings. The predicted octanol–water partition coefficient (Wildman–Crippen LogP) is 2.84. The van der Waals surface area contributed by atoms with Crippen LogP contribution < -0.4 is 5.32 Å². The molecule has 2 heteroatoms. The molecule has 120 valence electrons. The van der Waals surface area contributed by atoms with E-state index in [2.05, 4.69) is 23.1 Å². The smallest absolute Gasteiger partial charge is 0.295 e. The molecule has 0 aromatic carbocycles. The largest absolute Gasteiger partial charge is 0.346 e. The summed E-state index contributed by atoms with van der Waals surface area (Å²) in [5.74, 6) is 14.6. The monoisotopic (exact) mass is 307 g/mol. The third kappa shape index (κ3) is 1.71. The van der Waals surface area contributed by atoms with Gasteiger partial charge in [-0.25, -0.2) is 0 Å². The Bertz CT molecular complexity index is 609. The summed E-state index contributed by atoms with van der Waals surface area (Å²) >= 11 is 0. The maximum absolute atomic E-state index is 11.8. The minimum atomic E-state index is -0.0987. The van der Waals surface area contributed by atoms with Crippen molar-refractivity contribution in [1.82, 2.24) is 5.32 Å². The summed E-state index contributed by atoms with van der Waals surface area (Å²) in [7, 11) is 0. The number of nitrogens with one attached hydrogen (secondary N) is 1. The molecule has 7 aliphatic carbocycles. The molecule has 0 aromatic heterocycles. The van der Waals surface area contributed by atoms with Crippen molar-refractivity contribution in [2.45, 2.75) is 45.4 Å². The van der Waals surface area contributed by atoms with Gasteiger partial charge in [0, 0.05) is 17.4 Å². The Labute approximate surface area is 139 Å². The first-order chi connectivity index (χ1) is 11.1. The van der Waals surface area contributed by atoms with Crippen LogP contribution in [0.15, 0.2) is 0 Å². The summed E-state index contributed by atoms with van der Waals surface area (Å²) < 4.78 is 0. The lowest BCUT2D eigenvalue weighted by Gasteiger charge is -2.73. The fraction of sp³-hybridized carbons (Fsp3) is 0.762. The van der Waals surface area contributed by atoms with Crippen molar-refractivity contribution in [2.75, 3.05) is 6.54 Å². The van der Waals surface area contributed by atoms with Crippen molar-refractivity contribution in [2.24, 2.45) is 46.3 Å². The quantitative estimate of drug-likeness (QED) is 0.742. The molecule has 0 unspecified atom stereocenters. The molecule has 1 N–H and O–H groups in total. The first kappa shape index (κ1) is 14.0. The summed E-state index contributed by atoms with van der Waals surface area (Å²) in [5.41, 5.74) is 0.385. The van der Waals surface area contributed by atoms with Gasteiger partial charge in [-0.1, -0.05) is 11.8 Å². The highest BCUT2D eigenvalue weighted by molar-refractivity contribution is 5.93. The second-order valence-corrected chi connectivity index (χ2v) is 9.02. The Morgan fingerprint density at radius 2 is 1.39 bits per heavy atom. The molecule has 0 radical (unpaired) electrons. The Hall–Kier alpha value is -1.41. The normalized spacial score (nSPS) is 53.6. The van der Waals surface area contributed by atoms with Crippen molar-refractivity contribution in [3.8, 4) is 24.2 Å². The Morgan fingerprint density at radius 1 is 0.957 bits per heavy atom. The van der Waals surface area contributed by atoms with Gasteiger partial charge in [-0.05, 0) is 86.9 Å². The molecular formula is C21H25NO. The van der Waals surface area contributed by atoms with Gasteiger partial charge < -0.3 is 5.32 Å². The van der Waals surface area contributed by atoms with Crippen LogP contribution >= 0.6 is 0 Å². The molecule has 7 saturated carbocycles. The number of amides is 1. The second-order valence-electron chi connectivity index (χ2n) is 9.02. The number of rotatable bonds is 1. The van der Waals surface area contributed by atoms with Gasteiger partial charge in [0.05, 0.1) is 0 Å². The molecule has 0 spiro atoms. The van der Waals surface area contributed by atoms with Crippen LogP contribution in [0.5, 0.6) is 0 Å². The van der Waals surface area contributed by atoms with E-state index in [0.29, 0.717) is 6.54 Å². The molecule has 7 rings (SSSR count). The van der Waals surface area contributed by atoms with E-state index in [0.717, 1.165) is 35.5 Å². The van der Waals surface area contributed by atoms with Crippen molar-refractivity contribution in [3.05, 3.63) is 0 Å². The van der Waals surface area contributed by atoms with E-state index < -0.39 is 0 Å². The number of carbonyl (C=O) groups excluding carboxylic acids is 1. The first-order valence-electron chi connectivity index (χ1n) is 9.37. The van der Waals surface area contributed by atoms with Crippen LogP contribution in [-0.2, 0) is 4.79 Å². The van der Waals surface area contributed by atoms with Crippen LogP contribution in [0.3, 0.4) is 0 Å². The van der Waals surface area contributed by atoms with Crippen LogP contribution in [0.4, 0.5) is 0 Å². The molecule has 1 amide bonds. The fourth-order valence-electron chi connectivity index (χ4n) is 7.65. The van der Waals surface area contributed by atoms with Crippen LogP contribution in [0, 0.1) is 70.5 Å². The highest BCUT2D eigenvalue weighted by atomic mass is 16.1. The van der Waals surface area contributed by atoms with Crippen molar-refractivity contribution in [3.63, 3.8) is 0 Å². The van der Waals surface area contributed by atoms with Crippen molar-refractivity contribution < 1.29 is 4.79 Å². The lowest BCUT2D eigenvalue weighted by molar-refractivity contribution is -0.233. The molecule has 8 bridgehead atoms. The van der Waals surface area contributed by atoms with Gasteiger partial charge in [0.2, 0.25) is 0 Å². The average molecular weight is 307 g/mol. The molecular weight excluding hydrogens is 282 g/mol. The molecule has 7 aliphatic rings. The zero-order chi connectivity index (χ0) is 15.8. The van der Waals surface area contributed by atoms with Gasteiger partial charge in [0.25, 0.3) is 5.91 Å². The molecule has 0 atom stereocenters. The number of terminal acetylenes is 1. The van der Waals surface area contributed by atoms with Gasteiger partial charge in [0.15, 0.2) is 0 Å². The molecule has 0 aliphatic heterocycles. The lowest BCUT2D eigenvalue weighted by atomic mass is 9.31. The summed E-state index contributed by atoms with van der Waals surface area (Å²) in [6.45, 7) is 2.61. The Morgan fingerprint density at radius 3 is 1.78 bits per heavy atom. The van der Waals surface area contributed by atoms with E-state index >= 15 is 0 Å². The zero-order valence-electron chi connectivity index (χ0n) is 13.9. The van der Waals surface area contributed by atoms with Gasteiger partial charge in [-0.15, -0.1) is 6.42 Å². The van der Waals surface area contributed by atoms with E-state index in [1.807, 2.05) is 6.92 Å². The Kier molecular flexibility index (Phi) is 2.65. The average Bonchev–Trinajstić information content (AvgIpc) is 2.57. The molecule has 0 saturated heterocycles. The van der Waals surface area contributed by atoms with Gasteiger partial charge >= 0.3 is 0 Å². The zero-order valence-corrected chi connectivity index (χ0v) is 13.9. The van der Waals surface area contributed by atoms with E-state index in [-0.39, 0.29) is 16.7 Å². The van der Waals surface area contributed by atoms with Crippen LogP contribution in [0.25, 0.3) is 0 Å². The van der Waals surface area contributed by atoms with Crippen molar-refractivity contribution >= 4 is 5.91 Å². The third-order valence-corrected chi connectivity index (χ3v) is 8.14. The van der Waals surface area contributed by atoms with E-state index in [9.17, 15) is 4.79 Å². The minimum Gasteiger partial charge on any atom is -0.346 e. The number of hydrogen-bond acceptors (Lipinski definition) is 1. The number of hydrogen-bond donors (Lipinski definition) is 1. The Balaban J connectivity index is 1.47. The summed E-state index contributed by atoms with van der Waals surface area (Å²) in [6.07, 6.45) is 13.5. The lowest BCUT2D eigenvalue weighted by Crippen LogP contribution is -2.67. The topological polar surface area (TPSA) is 29.1 Å². The van der Waals surface area contributed by atoms with Gasteiger partial charge in [-0.3, -0.25) is 4.79 Å². The SMILES string of the molecule is C#CC12CC3C4CC5(C#CC(=O)NCC)CC3C(C1)C(C5)C4C2. The summed E-state index contributed by atoms with van der Waals surface area (Å²) in [4.78, 5) is 11.8.